The molecule has 1 aliphatic heterocycles. The monoisotopic (exact) mass is 537 g/mol. The molecule has 2 rings (SSSR count). The number of esters is 1. The highest BCUT2D eigenvalue weighted by Gasteiger charge is 2.54. The largest absolute Gasteiger partial charge is 0.454 e. The van der Waals surface area contributed by atoms with Crippen LogP contribution in [0.5, 0.6) is 0 Å². The van der Waals surface area contributed by atoms with E-state index in [4.69, 9.17) is 9.47 Å². The van der Waals surface area contributed by atoms with Gasteiger partial charge < -0.3 is 25.0 Å². The maximum atomic E-state index is 13.9. The van der Waals surface area contributed by atoms with E-state index in [-0.39, 0.29) is 24.3 Å². The first kappa shape index (κ1) is 31.6. The first-order chi connectivity index (χ1) is 17.2. The number of rotatable bonds is 8. The molecule has 0 aromatic rings. The molecule has 10 nitrogen and oxygen atoms in total. The van der Waals surface area contributed by atoms with Gasteiger partial charge in [-0.1, -0.05) is 34.1 Å². The summed E-state index contributed by atoms with van der Waals surface area (Å²) in [7, 11) is 0. The smallest absolute Gasteiger partial charge is 0.408 e. The Hall–Kier alpha value is -2.65. The van der Waals surface area contributed by atoms with Crippen molar-refractivity contribution in [3.05, 3.63) is 0 Å². The fourth-order valence-electron chi connectivity index (χ4n) is 5.15. The van der Waals surface area contributed by atoms with Gasteiger partial charge in [0, 0.05) is 6.04 Å². The van der Waals surface area contributed by atoms with Gasteiger partial charge in [-0.25, -0.2) is 9.59 Å². The molecule has 3 amide bonds. The quantitative estimate of drug-likeness (QED) is 0.358. The Balaban J connectivity index is 2.28. The fourth-order valence-corrected chi connectivity index (χ4v) is 5.15. The van der Waals surface area contributed by atoms with E-state index in [0.29, 0.717) is 12.8 Å². The second kappa shape index (κ2) is 11.6. The zero-order valence-corrected chi connectivity index (χ0v) is 24.7. The van der Waals surface area contributed by atoms with Crippen molar-refractivity contribution < 1.29 is 33.4 Å². The number of alkyl carbamates (subject to hydrolysis) is 1. The molecular weight excluding hydrogens is 490 g/mol. The number of fused-ring (bicyclic) bond motifs is 2. The molecule has 0 spiro atoms. The Morgan fingerprint density at radius 2 is 1.45 bits per heavy atom. The molecule has 38 heavy (non-hydrogen) atoms. The minimum Gasteiger partial charge on any atom is -0.454 e. The molecule has 2 fully saturated rings. The lowest BCUT2D eigenvalue weighted by Crippen LogP contribution is -2.62. The summed E-state index contributed by atoms with van der Waals surface area (Å²) in [5, 5.41) is 5.48. The van der Waals surface area contributed by atoms with Crippen molar-refractivity contribution in [1.82, 2.24) is 15.5 Å². The molecule has 0 aromatic heterocycles. The highest BCUT2D eigenvalue weighted by atomic mass is 16.6. The SMILES string of the molecule is CCCC(NC(=O)C1C2CCC(C2)N1C(=O)C(NC(=O)OC(C)(C)C)C(C)(C)C)C(=O)C(=O)OC(C)(C)C. The van der Waals surface area contributed by atoms with Gasteiger partial charge in [-0.05, 0) is 78.6 Å². The lowest BCUT2D eigenvalue weighted by Gasteiger charge is -2.40. The second-order valence-electron chi connectivity index (χ2n) is 13.6. The van der Waals surface area contributed by atoms with Gasteiger partial charge in [-0.2, -0.15) is 0 Å². The summed E-state index contributed by atoms with van der Waals surface area (Å²) in [5.74, 6) is -2.70. The van der Waals surface area contributed by atoms with Crippen molar-refractivity contribution in [2.75, 3.05) is 0 Å². The Kier molecular flexibility index (Phi) is 9.65. The Labute approximate surface area is 226 Å². The van der Waals surface area contributed by atoms with Crippen LogP contribution in [-0.2, 0) is 28.7 Å². The van der Waals surface area contributed by atoms with Crippen molar-refractivity contribution in [2.45, 2.75) is 137 Å². The number of hydrogen-bond donors (Lipinski definition) is 2. The number of nitrogens with one attached hydrogen (secondary N) is 2. The van der Waals surface area contributed by atoms with Crippen LogP contribution in [0.2, 0.25) is 0 Å². The van der Waals surface area contributed by atoms with Crippen LogP contribution in [0.1, 0.15) is 101 Å². The standard InChI is InChI=1S/C28H47N3O7/c1-11-12-18(20(32)24(35)37-27(5,6)7)29-22(33)19-16-13-14-17(15-16)31(19)23(34)21(26(2,3)4)30-25(36)38-28(8,9)10/h16-19,21H,11-15H2,1-10H3,(H,29,33)(H,30,36). The molecule has 0 radical (unpaired) electrons. The summed E-state index contributed by atoms with van der Waals surface area (Å²) in [6.07, 6.45) is 2.34. The van der Waals surface area contributed by atoms with Gasteiger partial charge >= 0.3 is 12.1 Å². The Bertz CT molecular complexity index is 926. The third-order valence-corrected chi connectivity index (χ3v) is 6.69. The molecule has 216 valence electrons. The van der Waals surface area contributed by atoms with Crippen molar-refractivity contribution in [3.63, 3.8) is 0 Å². The number of hydrogen-bond acceptors (Lipinski definition) is 7. The van der Waals surface area contributed by atoms with Gasteiger partial charge in [-0.3, -0.25) is 14.4 Å². The van der Waals surface area contributed by atoms with E-state index in [1.54, 1.807) is 46.4 Å². The van der Waals surface area contributed by atoms with Crippen molar-refractivity contribution in [3.8, 4) is 0 Å². The lowest BCUT2D eigenvalue weighted by molar-refractivity contribution is -0.163. The van der Waals surface area contributed by atoms with Gasteiger partial charge in [-0.15, -0.1) is 0 Å². The summed E-state index contributed by atoms with van der Waals surface area (Å²) in [6, 6.07) is -2.91. The zero-order valence-electron chi connectivity index (χ0n) is 24.7. The lowest BCUT2D eigenvalue weighted by atomic mass is 9.85. The van der Waals surface area contributed by atoms with Crippen LogP contribution in [0.4, 0.5) is 4.79 Å². The fraction of sp³-hybridized carbons (Fsp3) is 0.821. The number of carbonyl (C=O) groups is 5. The number of nitrogens with zero attached hydrogens (tertiary/aromatic N) is 1. The molecule has 2 N–H and O–H groups in total. The average molecular weight is 538 g/mol. The van der Waals surface area contributed by atoms with Crippen LogP contribution in [-0.4, -0.2) is 69.9 Å². The third kappa shape index (κ3) is 8.17. The average Bonchev–Trinajstić information content (AvgIpc) is 3.34. The molecule has 2 aliphatic rings. The number of carbonyl (C=O) groups excluding carboxylic acids is 5. The first-order valence-electron chi connectivity index (χ1n) is 13.6. The summed E-state index contributed by atoms with van der Waals surface area (Å²) >= 11 is 0. The molecule has 2 bridgehead atoms. The molecule has 5 atom stereocenters. The van der Waals surface area contributed by atoms with E-state index in [2.05, 4.69) is 10.6 Å². The van der Waals surface area contributed by atoms with E-state index in [1.165, 1.54) is 0 Å². The van der Waals surface area contributed by atoms with Crippen molar-refractivity contribution in [1.29, 1.82) is 0 Å². The molecule has 1 heterocycles. The van der Waals surface area contributed by atoms with Crippen LogP contribution in [0.15, 0.2) is 0 Å². The van der Waals surface area contributed by atoms with E-state index in [1.807, 2.05) is 27.7 Å². The topological polar surface area (TPSA) is 131 Å². The number of likely N-dealkylation sites (tertiary alicyclic amines) is 1. The van der Waals surface area contributed by atoms with Crippen LogP contribution in [0, 0.1) is 11.3 Å². The number of piperidine rings is 1. The minimum atomic E-state index is -1.04. The molecule has 1 aliphatic carbocycles. The Morgan fingerprint density at radius 3 is 1.95 bits per heavy atom. The first-order valence-corrected chi connectivity index (χ1v) is 13.6. The highest BCUT2D eigenvalue weighted by Crippen LogP contribution is 2.43. The van der Waals surface area contributed by atoms with Crippen LogP contribution in [0.3, 0.4) is 0 Å². The minimum absolute atomic E-state index is 0.0648. The summed E-state index contributed by atoms with van der Waals surface area (Å²) in [4.78, 5) is 67.1. The highest BCUT2D eigenvalue weighted by molar-refractivity contribution is 6.36. The van der Waals surface area contributed by atoms with Gasteiger partial charge in [0.05, 0.1) is 6.04 Å². The van der Waals surface area contributed by atoms with Gasteiger partial charge in [0.15, 0.2) is 0 Å². The van der Waals surface area contributed by atoms with Gasteiger partial charge in [0.2, 0.25) is 11.8 Å². The van der Waals surface area contributed by atoms with E-state index in [9.17, 15) is 24.0 Å². The summed E-state index contributed by atoms with van der Waals surface area (Å²) in [6.45, 7) is 17.6. The predicted octanol–water partition coefficient (Wildman–Crippen LogP) is 3.50. The predicted molar refractivity (Wildman–Crippen MR) is 142 cm³/mol. The summed E-state index contributed by atoms with van der Waals surface area (Å²) < 4.78 is 10.6. The van der Waals surface area contributed by atoms with Crippen molar-refractivity contribution >= 4 is 29.7 Å². The number of ether oxygens (including phenoxy) is 2. The van der Waals surface area contributed by atoms with Crippen molar-refractivity contribution in [2.24, 2.45) is 11.3 Å². The molecule has 5 unspecified atom stereocenters. The maximum absolute atomic E-state index is 13.9. The number of amides is 3. The molecule has 1 saturated heterocycles. The van der Waals surface area contributed by atoms with E-state index < -0.39 is 58.5 Å². The molecular formula is C28H47N3O7. The normalized spacial score (nSPS) is 22.9. The van der Waals surface area contributed by atoms with E-state index in [0.717, 1.165) is 12.8 Å². The molecule has 0 aromatic carbocycles. The van der Waals surface area contributed by atoms with Crippen LogP contribution >= 0.6 is 0 Å². The van der Waals surface area contributed by atoms with Gasteiger partial charge in [0.25, 0.3) is 5.78 Å². The van der Waals surface area contributed by atoms with Crippen LogP contribution in [0.25, 0.3) is 0 Å². The van der Waals surface area contributed by atoms with Crippen LogP contribution < -0.4 is 10.6 Å². The molecule has 10 heteroatoms. The Morgan fingerprint density at radius 1 is 0.868 bits per heavy atom. The van der Waals surface area contributed by atoms with E-state index >= 15 is 0 Å². The second-order valence-corrected chi connectivity index (χ2v) is 13.6. The van der Waals surface area contributed by atoms with Gasteiger partial charge in [0.1, 0.15) is 23.3 Å². The maximum Gasteiger partial charge on any atom is 0.408 e. The summed E-state index contributed by atoms with van der Waals surface area (Å²) in [5.41, 5.74) is -2.24. The molecule has 1 saturated carbocycles. The zero-order chi connectivity index (χ0) is 29.2. The number of Topliss-reactive ketones (excluding diaryl/α,β-unsaturated/α-hetero) is 1. The number of ketones is 1. The third-order valence-electron chi connectivity index (χ3n) is 6.69.